The van der Waals surface area contributed by atoms with Gasteiger partial charge in [0.15, 0.2) is 0 Å². The van der Waals surface area contributed by atoms with E-state index in [2.05, 4.69) is 0 Å². The van der Waals surface area contributed by atoms with Crippen molar-refractivity contribution in [2.24, 2.45) is 0 Å². The second-order valence-electron chi connectivity index (χ2n) is 4.72. The van der Waals surface area contributed by atoms with Crippen molar-refractivity contribution < 1.29 is 19.4 Å². The Hall–Kier alpha value is -1.82. The summed E-state index contributed by atoms with van der Waals surface area (Å²) in [5.41, 5.74) is 6.07. The van der Waals surface area contributed by atoms with E-state index in [9.17, 15) is 14.3 Å². The van der Waals surface area contributed by atoms with Gasteiger partial charge in [0.25, 0.3) is 0 Å². The Labute approximate surface area is 110 Å². The van der Waals surface area contributed by atoms with Gasteiger partial charge in [-0.05, 0) is 25.3 Å². The molecule has 1 aromatic rings. The number of hydrogen-bond acceptors (Lipinski definition) is 4. The molecule has 1 heterocycles. The molecule has 4 N–H and O–H groups in total. The molecule has 0 radical (unpaired) electrons. The highest BCUT2D eigenvalue weighted by molar-refractivity contribution is 5.91. The molecule has 1 saturated heterocycles. The summed E-state index contributed by atoms with van der Waals surface area (Å²) in [5, 5.41) is 18.2. The van der Waals surface area contributed by atoms with Crippen LogP contribution in [0.3, 0.4) is 0 Å². The lowest BCUT2D eigenvalue weighted by molar-refractivity contribution is 0.0692. The first-order chi connectivity index (χ1) is 9.04. The van der Waals surface area contributed by atoms with Crippen molar-refractivity contribution >= 4 is 17.3 Å². The van der Waals surface area contributed by atoms with Gasteiger partial charge in [-0.15, -0.1) is 0 Å². The van der Waals surface area contributed by atoms with Gasteiger partial charge in [-0.25, -0.2) is 9.18 Å². The molecule has 1 atom stereocenters. The van der Waals surface area contributed by atoms with Crippen molar-refractivity contribution in [2.75, 3.05) is 23.8 Å². The van der Waals surface area contributed by atoms with Gasteiger partial charge in [-0.3, -0.25) is 0 Å². The zero-order chi connectivity index (χ0) is 14.0. The lowest BCUT2D eigenvalue weighted by Crippen LogP contribution is -2.42. The molecule has 0 aliphatic carbocycles. The minimum absolute atomic E-state index is 0.0261. The Morgan fingerprint density at radius 2 is 2.21 bits per heavy atom. The number of benzene rings is 1. The van der Waals surface area contributed by atoms with Crippen LogP contribution in [0.5, 0.6) is 0 Å². The summed E-state index contributed by atoms with van der Waals surface area (Å²) in [7, 11) is 0. The quantitative estimate of drug-likeness (QED) is 0.722. The average Bonchev–Trinajstić information content (AvgIpc) is 2.40. The van der Waals surface area contributed by atoms with E-state index >= 15 is 0 Å². The predicted molar refractivity (Wildman–Crippen MR) is 69.8 cm³/mol. The molecular formula is C13H17FN2O3. The molecule has 0 spiro atoms. The zero-order valence-corrected chi connectivity index (χ0v) is 10.5. The second kappa shape index (κ2) is 5.44. The molecule has 5 nitrogen and oxygen atoms in total. The predicted octanol–water partition coefficient (Wildman–Crippen LogP) is 1.46. The first kappa shape index (κ1) is 13.6. The van der Waals surface area contributed by atoms with Crippen LogP contribution >= 0.6 is 0 Å². The molecule has 1 aliphatic rings. The van der Waals surface area contributed by atoms with Crippen LogP contribution in [-0.2, 0) is 0 Å². The maximum atomic E-state index is 13.7. The number of nitrogens with two attached hydrogens (primary N) is 1. The third kappa shape index (κ3) is 2.63. The number of hydrogen-bond donors (Lipinski definition) is 3. The van der Waals surface area contributed by atoms with Crippen LogP contribution < -0.4 is 10.6 Å². The summed E-state index contributed by atoms with van der Waals surface area (Å²) in [4.78, 5) is 12.7. The molecule has 1 fully saturated rings. The first-order valence-corrected chi connectivity index (χ1v) is 6.24. The van der Waals surface area contributed by atoms with Crippen LogP contribution in [0, 0.1) is 5.82 Å². The van der Waals surface area contributed by atoms with Gasteiger partial charge in [0, 0.05) is 12.6 Å². The van der Waals surface area contributed by atoms with Crippen LogP contribution in [0.4, 0.5) is 15.8 Å². The molecule has 104 valence electrons. The molecule has 0 saturated carbocycles. The third-order valence-corrected chi connectivity index (χ3v) is 3.49. The molecule has 1 unspecified atom stereocenters. The fourth-order valence-corrected chi connectivity index (χ4v) is 2.50. The Kier molecular flexibility index (Phi) is 3.90. The molecule has 6 heteroatoms. The Morgan fingerprint density at radius 1 is 1.47 bits per heavy atom. The van der Waals surface area contributed by atoms with E-state index in [-0.39, 0.29) is 18.3 Å². The minimum Gasteiger partial charge on any atom is -0.478 e. The summed E-state index contributed by atoms with van der Waals surface area (Å²) in [6.45, 7) is 0.656. The van der Waals surface area contributed by atoms with Crippen molar-refractivity contribution in [3.05, 3.63) is 23.5 Å². The topological polar surface area (TPSA) is 86.8 Å². The molecule has 0 bridgehead atoms. The van der Waals surface area contributed by atoms with Crippen LogP contribution in [0.1, 0.15) is 29.6 Å². The van der Waals surface area contributed by atoms with Gasteiger partial charge in [0.05, 0.1) is 29.6 Å². The number of aliphatic hydroxyl groups excluding tert-OH is 1. The van der Waals surface area contributed by atoms with Crippen LogP contribution in [0.15, 0.2) is 12.1 Å². The molecule has 0 aromatic heterocycles. The molecule has 1 aromatic carbocycles. The number of carboxylic acids is 1. The number of nitrogen functional groups attached to an aromatic ring is 1. The number of anilines is 2. The number of piperidine rings is 1. The van der Waals surface area contributed by atoms with E-state index in [1.165, 1.54) is 0 Å². The van der Waals surface area contributed by atoms with Crippen LogP contribution in [-0.4, -0.2) is 35.4 Å². The fraction of sp³-hybridized carbons (Fsp3) is 0.462. The van der Waals surface area contributed by atoms with Gasteiger partial charge < -0.3 is 20.8 Å². The lowest BCUT2D eigenvalue weighted by atomic mass is 10.0. The SMILES string of the molecule is Nc1cc(C(=O)O)c(F)cc1N1CCCCC1CO. The molecule has 1 aliphatic heterocycles. The number of carboxylic acid groups (broad SMARTS) is 1. The van der Waals surface area contributed by atoms with Gasteiger partial charge in [0.2, 0.25) is 0 Å². The fourth-order valence-electron chi connectivity index (χ4n) is 2.50. The van der Waals surface area contributed by atoms with Gasteiger partial charge in [0.1, 0.15) is 5.82 Å². The maximum absolute atomic E-state index is 13.7. The van der Waals surface area contributed by atoms with Crippen LogP contribution in [0.25, 0.3) is 0 Å². The summed E-state index contributed by atoms with van der Waals surface area (Å²) in [5.74, 6) is -2.15. The molecule has 0 amide bonds. The highest BCUT2D eigenvalue weighted by Crippen LogP contribution is 2.31. The number of aliphatic hydroxyl groups is 1. The highest BCUT2D eigenvalue weighted by atomic mass is 19.1. The van der Waals surface area contributed by atoms with E-state index in [0.29, 0.717) is 12.2 Å². The van der Waals surface area contributed by atoms with E-state index in [4.69, 9.17) is 10.8 Å². The lowest BCUT2D eigenvalue weighted by Gasteiger charge is -2.37. The first-order valence-electron chi connectivity index (χ1n) is 6.24. The molecule has 19 heavy (non-hydrogen) atoms. The number of carbonyl (C=O) groups is 1. The van der Waals surface area contributed by atoms with Gasteiger partial charge >= 0.3 is 5.97 Å². The van der Waals surface area contributed by atoms with E-state index < -0.39 is 17.3 Å². The molecule has 2 rings (SSSR count). The number of rotatable bonds is 3. The maximum Gasteiger partial charge on any atom is 0.338 e. The van der Waals surface area contributed by atoms with E-state index in [0.717, 1.165) is 31.4 Å². The second-order valence-corrected chi connectivity index (χ2v) is 4.72. The monoisotopic (exact) mass is 268 g/mol. The summed E-state index contributed by atoms with van der Waals surface area (Å²) in [6, 6.07) is 2.19. The number of halogens is 1. The normalized spacial score (nSPS) is 19.5. The Morgan fingerprint density at radius 3 is 2.84 bits per heavy atom. The number of nitrogens with zero attached hydrogens (tertiary/aromatic N) is 1. The third-order valence-electron chi connectivity index (χ3n) is 3.49. The highest BCUT2D eigenvalue weighted by Gasteiger charge is 2.25. The number of aromatic carboxylic acids is 1. The summed E-state index contributed by atoms with van der Waals surface area (Å²) in [6.07, 6.45) is 2.77. The van der Waals surface area contributed by atoms with Crippen molar-refractivity contribution in [2.45, 2.75) is 25.3 Å². The standard InChI is InChI=1S/C13H17FN2O3/c14-10-6-12(11(15)5-9(10)13(18)19)16-4-2-1-3-8(16)7-17/h5-6,8,17H,1-4,7,15H2,(H,18,19). The Bertz CT molecular complexity index is 493. The molecular weight excluding hydrogens is 251 g/mol. The summed E-state index contributed by atoms with van der Waals surface area (Å²) < 4.78 is 13.7. The largest absolute Gasteiger partial charge is 0.478 e. The van der Waals surface area contributed by atoms with E-state index in [1.807, 2.05) is 4.90 Å². The minimum atomic E-state index is -1.34. The zero-order valence-electron chi connectivity index (χ0n) is 10.5. The van der Waals surface area contributed by atoms with Gasteiger partial charge in [-0.2, -0.15) is 0 Å². The van der Waals surface area contributed by atoms with Crippen LogP contribution in [0.2, 0.25) is 0 Å². The Balaban J connectivity index is 2.39. The van der Waals surface area contributed by atoms with Crippen molar-refractivity contribution in [3.63, 3.8) is 0 Å². The van der Waals surface area contributed by atoms with Crippen molar-refractivity contribution in [3.8, 4) is 0 Å². The average molecular weight is 268 g/mol. The van der Waals surface area contributed by atoms with Crippen molar-refractivity contribution in [1.82, 2.24) is 0 Å². The smallest absolute Gasteiger partial charge is 0.338 e. The van der Waals surface area contributed by atoms with Crippen molar-refractivity contribution in [1.29, 1.82) is 0 Å². The van der Waals surface area contributed by atoms with E-state index in [1.54, 1.807) is 0 Å². The van der Waals surface area contributed by atoms with Gasteiger partial charge in [-0.1, -0.05) is 0 Å². The summed E-state index contributed by atoms with van der Waals surface area (Å²) >= 11 is 0.